The third-order valence-corrected chi connectivity index (χ3v) is 5.30. The third kappa shape index (κ3) is 5.08. The van der Waals surface area contributed by atoms with E-state index in [1.807, 2.05) is 13.0 Å². The van der Waals surface area contributed by atoms with Gasteiger partial charge in [0.05, 0.1) is 17.1 Å². The number of thioether (sulfide) groups is 1. The van der Waals surface area contributed by atoms with Crippen LogP contribution in [0.2, 0.25) is 0 Å². The molecule has 1 saturated heterocycles. The molecule has 5 nitrogen and oxygen atoms in total. The van der Waals surface area contributed by atoms with Crippen LogP contribution in [0.1, 0.15) is 22.8 Å². The van der Waals surface area contributed by atoms with Crippen molar-refractivity contribution in [2.45, 2.75) is 6.92 Å². The summed E-state index contributed by atoms with van der Waals surface area (Å²) < 4.78 is 12.5. The molecule has 1 N–H and O–H groups in total. The molecule has 3 rings (SSSR count). The zero-order valence-corrected chi connectivity index (χ0v) is 17.9. The molecule has 1 aliphatic rings. The van der Waals surface area contributed by atoms with Crippen molar-refractivity contribution in [3.63, 3.8) is 0 Å². The van der Waals surface area contributed by atoms with Gasteiger partial charge in [0.25, 0.3) is 5.91 Å². The molecule has 2 aromatic rings. The predicted octanol–water partition coefficient (Wildman–Crippen LogP) is 4.40. The first-order chi connectivity index (χ1) is 13.0. The van der Waals surface area contributed by atoms with Gasteiger partial charge in [-0.25, -0.2) is 4.79 Å². The molecule has 0 aromatic heterocycles. The summed E-state index contributed by atoms with van der Waals surface area (Å²) in [6.07, 6.45) is 1.72. The molecular weight excluding hydrogens is 497 g/mol. The maximum absolute atomic E-state index is 12.4. The molecule has 1 heterocycles. The van der Waals surface area contributed by atoms with Gasteiger partial charge in [-0.2, -0.15) is 0 Å². The molecule has 0 radical (unpaired) electrons. The minimum absolute atomic E-state index is 0.225. The van der Waals surface area contributed by atoms with Crippen molar-refractivity contribution in [1.82, 2.24) is 5.32 Å². The quantitative estimate of drug-likeness (QED) is 0.211. The van der Waals surface area contributed by atoms with Crippen LogP contribution in [-0.4, -0.2) is 22.8 Å². The Balaban J connectivity index is 1.85. The molecule has 2 aromatic carbocycles. The normalized spacial score (nSPS) is 15.0. The van der Waals surface area contributed by atoms with E-state index in [-0.39, 0.29) is 5.91 Å². The lowest BCUT2D eigenvalue weighted by Crippen LogP contribution is -2.17. The Morgan fingerprint density at radius 3 is 2.74 bits per heavy atom. The van der Waals surface area contributed by atoms with E-state index in [2.05, 4.69) is 27.9 Å². The molecule has 8 heteroatoms. The summed E-state index contributed by atoms with van der Waals surface area (Å²) in [7, 11) is 0. The second-order valence-electron chi connectivity index (χ2n) is 5.39. The Hall–Kier alpha value is -1.91. The predicted molar refractivity (Wildman–Crippen MR) is 118 cm³/mol. The van der Waals surface area contributed by atoms with Crippen LogP contribution in [0.4, 0.5) is 0 Å². The van der Waals surface area contributed by atoms with Crippen LogP contribution < -0.4 is 14.8 Å². The van der Waals surface area contributed by atoms with Crippen molar-refractivity contribution in [2.75, 3.05) is 6.61 Å². The van der Waals surface area contributed by atoms with Crippen molar-refractivity contribution >= 4 is 68.8 Å². The molecule has 0 aliphatic carbocycles. The second kappa shape index (κ2) is 8.85. The number of ether oxygens (including phenoxy) is 2. The summed E-state index contributed by atoms with van der Waals surface area (Å²) in [5.74, 6) is 0.0625. The van der Waals surface area contributed by atoms with Crippen LogP contribution in [0.3, 0.4) is 0 Å². The fraction of sp³-hybridized carbons (Fsp3) is 0.105. The fourth-order valence-corrected chi connectivity index (χ4v) is 3.90. The van der Waals surface area contributed by atoms with Crippen molar-refractivity contribution in [2.24, 2.45) is 0 Å². The van der Waals surface area contributed by atoms with Gasteiger partial charge >= 0.3 is 5.97 Å². The van der Waals surface area contributed by atoms with Crippen LogP contribution in [0.15, 0.2) is 47.4 Å². The molecule has 0 spiro atoms. The van der Waals surface area contributed by atoms with E-state index in [0.29, 0.717) is 32.9 Å². The van der Waals surface area contributed by atoms with Gasteiger partial charge in [0.1, 0.15) is 4.32 Å². The molecule has 1 amide bonds. The lowest BCUT2D eigenvalue weighted by molar-refractivity contribution is -0.115. The van der Waals surface area contributed by atoms with E-state index in [1.165, 1.54) is 11.8 Å². The number of esters is 1. The van der Waals surface area contributed by atoms with Gasteiger partial charge in [0.2, 0.25) is 0 Å². The summed E-state index contributed by atoms with van der Waals surface area (Å²) in [6.45, 7) is 2.25. The maximum atomic E-state index is 12.4. The van der Waals surface area contributed by atoms with E-state index < -0.39 is 5.97 Å². The highest BCUT2D eigenvalue weighted by Crippen LogP contribution is 2.32. The zero-order valence-electron chi connectivity index (χ0n) is 14.2. The lowest BCUT2D eigenvalue weighted by Gasteiger charge is -2.11. The number of nitrogens with one attached hydrogen (secondary N) is 1. The molecule has 1 aliphatic heterocycles. The second-order valence-corrected chi connectivity index (χ2v) is 8.36. The highest BCUT2D eigenvalue weighted by Gasteiger charge is 2.22. The highest BCUT2D eigenvalue weighted by molar-refractivity contribution is 14.1. The number of hydrogen-bond acceptors (Lipinski definition) is 6. The number of rotatable bonds is 5. The zero-order chi connectivity index (χ0) is 19.4. The highest BCUT2D eigenvalue weighted by atomic mass is 127. The van der Waals surface area contributed by atoms with Gasteiger partial charge in [0, 0.05) is 3.57 Å². The Morgan fingerprint density at radius 2 is 2.07 bits per heavy atom. The summed E-state index contributed by atoms with van der Waals surface area (Å²) in [5, 5.41) is 2.57. The summed E-state index contributed by atoms with van der Waals surface area (Å²) in [6, 6.07) is 12.3. The van der Waals surface area contributed by atoms with Crippen LogP contribution in [0.25, 0.3) is 6.08 Å². The Morgan fingerprint density at radius 1 is 1.26 bits per heavy atom. The number of benzene rings is 2. The fourth-order valence-electron chi connectivity index (χ4n) is 2.31. The van der Waals surface area contributed by atoms with Crippen molar-refractivity contribution in [1.29, 1.82) is 0 Å². The van der Waals surface area contributed by atoms with E-state index >= 15 is 0 Å². The van der Waals surface area contributed by atoms with Crippen molar-refractivity contribution < 1.29 is 19.1 Å². The van der Waals surface area contributed by atoms with Gasteiger partial charge in [-0.3, -0.25) is 4.79 Å². The minimum atomic E-state index is -0.461. The summed E-state index contributed by atoms with van der Waals surface area (Å²) in [4.78, 5) is 24.7. The molecule has 27 heavy (non-hydrogen) atoms. The number of halogens is 1. The average molecular weight is 511 g/mol. The molecule has 1 fully saturated rings. The van der Waals surface area contributed by atoms with E-state index in [9.17, 15) is 9.59 Å². The first-order valence-corrected chi connectivity index (χ1v) is 10.3. The number of carbonyl (C=O) groups excluding carboxylic acids is 2. The number of amides is 1. The van der Waals surface area contributed by atoms with Gasteiger partial charge in [-0.1, -0.05) is 36.1 Å². The van der Waals surface area contributed by atoms with E-state index in [0.717, 1.165) is 9.13 Å². The minimum Gasteiger partial charge on any atom is -0.490 e. The van der Waals surface area contributed by atoms with Gasteiger partial charge in [0.15, 0.2) is 11.5 Å². The molecule has 138 valence electrons. The van der Waals surface area contributed by atoms with Crippen LogP contribution >= 0.6 is 46.6 Å². The number of thiocarbonyl (C=S) groups is 1. The van der Waals surface area contributed by atoms with Crippen molar-refractivity contribution in [3.8, 4) is 11.5 Å². The topological polar surface area (TPSA) is 64.6 Å². The standard InChI is InChI=1S/C19H14INO4S2/c1-2-24-15-8-11(9-16-17(22)21-19(26)27-16)6-7-14(15)25-18(23)12-4-3-5-13(20)10-12/h3-10H,2H2,1H3,(H,21,22,26)/b16-9+. The van der Waals surface area contributed by atoms with Crippen molar-refractivity contribution in [3.05, 3.63) is 62.1 Å². The van der Waals surface area contributed by atoms with Gasteiger partial charge in [-0.05, 0) is 71.5 Å². The van der Waals surface area contributed by atoms with Gasteiger partial charge < -0.3 is 14.8 Å². The van der Waals surface area contributed by atoms with Crippen LogP contribution in [0, 0.1) is 3.57 Å². The monoisotopic (exact) mass is 511 g/mol. The molecule has 0 atom stereocenters. The van der Waals surface area contributed by atoms with Crippen LogP contribution in [-0.2, 0) is 4.79 Å². The maximum Gasteiger partial charge on any atom is 0.343 e. The molecular formula is C19H14INO4S2. The van der Waals surface area contributed by atoms with Gasteiger partial charge in [-0.15, -0.1) is 0 Å². The Labute approximate surface area is 179 Å². The van der Waals surface area contributed by atoms with E-state index in [4.69, 9.17) is 21.7 Å². The summed E-state index contributed by atoms with van der Waals surface area (Å²) >= 11 is 8.33. The Kier molecular flexibility index (Phi) is 6.51. The molecule has 0 unspecified atom stereocenters. The summed E-state index contributed by atoms with van der Waals surface area (Å²) in [5.41, 5.74) is 1.21. The SMILES string of the molecule is CCOc1cc(/C=C2/SC(=S)NC2=O)ccc1OC(=O)c1cccc(I)c1. The van der Waals surface area contributed by atoms with Crippen LogP contribution in [0.5, 0.6) is 11.5 Å². The number of hydrogen-bond donors (Lipinski definition) is 1. The number of carbonyl (C=O) groups is 2. The molecule has 0 bridgehead atoms. The third-order valence-electron chi connectivity index (χ3n) is 3.47. The van der Waals surface area contributed by atoms with E-state index in [1.54, 1.807) is 42.5 Å². The average Bonchev–Trinajstić information content (AvgIpc) is 2.94. The first-order valence-electron chi connectivity index (χ1n) is 7.95. The Bertz CT molecular complexity index is 958. The molecule has 0 saturated carbocycles. The first kappa shape index (κ1) is 19.8. The largest absolute Gasteiger partial charge is 0.490 e. The lowest BCUT2D eigenvalue weighted by atomic mass is 10.1. The smallest absolute Gasteiger partial charge is 0.343 e.